The molecule has 0 amide bonds. The number of rotatable bonds is 7. The summed E-state index contributed by atoms with van der Waals surface area (Å²) in [6.07, 6.45) is 2.75. The molecule has 1 saturated carbocycles. The van der Waals surface area contributed by atoms with Gasteiger partial charge in [0.2, 0.25) is 0 Å². The molecule has 1 unspecified atom stereocenters. The van der Waals surface area contributed by atoms with Gasteiger partial charge >= 0.3 is 0 Å². The quantitative estimate of drug-likeness (QED) is 0.817. The Morgan fingerprint density at radius 3 is 2.30 bits per heavy atom. The van der Waals surface area contributed by atoms with E-state index in [1.54, 1.807) is 0 Å². The van der Waals surface area contributed by atoms with Gasteiger partial charge in [-0.1, -0.05) is 43.7 Å². The van der Waals surface area contributed by atoms with Crippen molar-refractivity contribution in [2.75, 3.05) is 27.2 Å². The van der Waals surface area contributed by atoms with Crippen molar-refractivity contribution in [3.63, 3.8) is 0 Å². The molecule has 1 fully saturated rings. The number of hydrogen-bond donors (Lipinski definition) is 1. The highest BCUT2D eigenvalue weighted by atomic mass is 15.1. The topological polar surface area (TPSA) is 15.3 Å². The average molecular weight is 274 g/mol. The van der Waals surface area contributed by atoms with E-state index in [2.05, 4.69) is 69.3 Å². The molecule has 1 aliphatic carbocycles. The lowest BCUT2D eigenvalue weighted by atomic mass is 9.91. The summed E-state index contributed by atoms with van der Waals surface area (Å²) in [6, 6.07) is 9.60. The molecule has 1 aromatic carbocycles. The number of benzene rings is 1. The van der Waals surface area contributed by atoms with Gasteiger partial charge in [0, 0.05) is 19.1 Å². The molecule has 0 aromatic heterocycles. The first kappa shape index (κ1) is 15.5. The zero-order chi connectivity index (χ0) is 14.8. The van der Waals surface area contributed by atoms with Gasteiger partial charge in [-0.3, -0.25) is 0 Å². The van der Waals surface area contributed by atoms with E-state index in [9.17, 15) is 0 Å². The van der Waals surface area contributed by atoms with Gasteiger partial charge in [-0.15, -0.1) is 0 Å². The molecule has 0 heterocycles. The third kappa shape index (κ3) is 4.60. The first-order chi connectivity index (χ1) is 9.37. The molecule has 1 N–H and O–H groups in total. The van der Waals surface area contributed by atoms with Gasteiger partial charge < -0.3 is 10.2 Å². The Morgan fingerprint density at radius 1 is 1.20 bits per heavy atom. The lowest BCUT2D eigenvalue weighted by Gasteiger charge is -2.31. The van der Waals surface area contributed by atoms with E-state index in [1.807, 2.05) is 0 Å². The number of aryl methyl sites for hydroxylation is 1. The van der Waals surface area contributed by atoms with Gasteiger partial charge in [0.25, 0.3) is 0 Å². The van der Waals surface area contributed by atoms with Crippen LogP contribution in [0.3, 0.4) is 0 Å². The zero-order valence-corrected chi connectivity index (χ0v) is 13.7. The minimum absolute atomic E-state index is 0.307. The van der Waals surface area contributed by atoms with E-state index in [1.165, 1.54) is 24.0 Å². The van der Waals surface area contributed by atoms with E-state index in [0.29, 0.717) is 11.5 Å². The van der Waals surface area contributed by atoms with Crippen LogP contribution in [0.1, 0.15) is 43.9 Å². The molecule has 2 heteroatoms. The lowest BCUT2D eigenvalue weighted by Crippen LogP contribution is -2.39. The standard InChI is InChI=1S/C18H30N2/c1-14-6-8-15(9-7-14)17(16-10-11-16)19-12-18(2,3)13-20(4)5/h6-9,16-17,19H,10-13H2,1-5H3. The molecule has 2 rings (SSSR count). The maximum atomic E-state index is 3.84. The fourth-order valence-electron chi connectivity index (χ4n) is 3.06. The molecule has 2 nitrogen and oxygen atoms in total. The molecule has 1 aliphatic rings. The van der Waals surface area contributed by atoms with Crippen LogP contribution >= 0.6 is 0 Å². The molecule has 20 heavy (non-hydrogen) atoms. The third-order valence-corrected chi connectivity index (χ3v) is 4.07. The first-order valence-corrected chi connectivity index (χ1v) is 7.82. The summed E-state index contributed by atoms with van der Waals surface area (Å²) in [6.45, 7) is 9.03. The normalized spacial score (nSPS) is 17.5. The minimum atomic E-state index is 0.307. The maximum Gasteiger partial charge on any atom is 0.0348 e. The van der Waals surface area contributed by atoms with Gasteiger partial charge in [-0.05, 0) is 50.8 Å². The van der Waals surface area contributed by atoms with E-state index >= 15 is 0 Å². The van der Waals surface area contributed by atoms with Crippen molar-refractivity contribution in [1.29, 1.82) is 0 Å². The van der Waals surface area contributed by atoms with E-state index in [0.717, 1.165) is 19.0 Å². The predicted molar refractivity (Wildman–Crippen MR) is 87.0 cm³/mol. The smallest absolute Gasteiger partial charge is 0.0348 e. The van der Waals surface area contributed by atoms with Crippen molar-refractivity contribution in [1.82, 2.24) is 10.2 Å². The number of nitrogens with zero attached hydrogens (tertiary/aromatic N) is 1. The molecule has 112 valence electrons. The van der Waals surface area contributed by atoms with E-state index in [-0.39, 0.29) is 0 Å². The maximum absolute atomic E-state index is 3.84. The molecule has 0 saturated heterocycles. The van der Waals surface area contributed by atoms with Gasteiger partial charge in [0.1, 0.15) is 0 Å². The molecule has 0 aliphatic heterocycles. The van der Waals surface area contributed by atoms with Gasteiger partial charge in [0.05, 0.1) is 0 Å². The van der Waals surface area contributed by atoms with Crippen LogP contribution in [0.25, 0.3) is 0 Å². The lowest BCUT2D eigenvalue weighted by molar-refractivity contribution is 0.222. The van der Waals surface area contributed by atoms with Crippen LogP contribution in [0.2, 0.25) is 0 Å². The number of hydrogen-bond acceptors (Lipinski definition) is 2. The van der Waals surface area contributed by atoms with Crippen LogP contribution in [-0.4, -0.2) is 32.1 Å². The fraction of sp³-hybridized carbons (Fsp3) is 0.667. The van der Waals surface area contributed by atoms with Crippen LogP contribution in [0.15, 0.2) is 24.3 Å². The molecule has 0 spiro atoms. The number of nitrogens with one attached hydrogen (secondary N) is 1. The Labute approximate surface area is 124 Å². The molecule has 1 aromatic rings. The minimum Gasteiger partial charge on any atom is -0.309 e. The molecular weight excluding hydrogens is 244 g/mol. The summed E-state index contributed by atoms with van der Waals surface area (Å²) in [5.41, 5.74) is 3.11. The third-order valence-electron chi connectivity index (χ3n) is 4.07. The van der Waals surface area contributed by atoms with Crippen molar-refractivity contribution in [3.8, 4) is 0 Å². The van der Waals surface area contributed by atoms with Crippen LogP contribution in [-0.2, 0) is 0 Å². The Kier molecular flexibility index (Phi) is 4.87. The summed E-state index contributed by atoms with van der Waals surface area (Å²) in [5.74, 6) is 0.841. The van der Waals surface area contributed by atoms with Gasteiger partial charge in [-0.25, -0.2) is 0 Å². The van der Waals surface area contributed by atoms with Crippen LogP contribution in [0, 0.1) is 18.3 Å². The average Bonchev–Trinajstić information content (AvgIpc) is 3.14. The monoisotopic (exact) mass is 274 g/mol. The first-order valence-electron chi connectivity index (χ1n) is 7.82. The Hall–Kier alpha value is -0.860. The highest BCUT2D eigenvalue weighted by Crippen LogP contribution is 2.41. The molecular formula is C18H30N2. The highest BCUT2D eigenvalue weighted by Gasteiger charge is 2.33. The second kappa shape index (κ2) is 6.28. The van der Waals surface area contributed by atoms with Gasteiger partial charge in [-0.2, -0.15) is 0 Å². The van der Waals surface area contributed by atoms with Crippen LogP contribution < -0.4 is 5.32 Å². The summed E-state index contributed by atoms with van der Waals surface area (Å²) in [5, 5.41) is 3.84. The SMILES string of the molecule is Cc1ccc(C(NCC(C)(C)CN(C)C)C2CC2)cc1. The molecule has 1 atom stereocenters. The van der Waals surface area contributed by atoms with Crippen molar-refractivity contribution in [2.45, 2.75) is 39.7 Å². The van der Waals surface area contributed by atoms with Crippen molar-refractivity contribution in [2.24, 2.45) is 11.3 Å². The van der Waals surface area contributed by atoms with Crippen molar-refractivity contribution < 1.29 is 0 Å². The Balaban J connectivity index is 1.98. The van der Waals surface area contributed by atoms with Crippen molar-refractivity contribution >= 4 is 0 Å². The summed E-state index contributed by atoms with van der Waals surface area (Å²) < 4.78 is 0. The second-order valence-electron chi connectivity index (χ2n) is 7.51. The molecule has 0 radical (unpaired) electrons. The van der Waals surface area contributed by atoms with Crippen LogP contribution in [0.4, 0.5) is 0 Å². The summed E-state index contributed by atoms with van der Waals surface area (Å²) in [7, 11) is 4.31. The van der Waals surface area contributed by atoms with E-state index in [4.69, 9.17) is 0 Å². The second-order valence-corrected chi connectivity index (χ2v) is 7.51. The van der Waals surface area contributed by atoms with Crippen molar-refractivity contribution in [3.05, 3.63) is 35.4 Å². The van der Waals surface area contributed by atoms with Gasteiger partial charge in [0.15, 0.2) is 0 Å². The fourth-order valence-corrected chi connectivity index (χ4v) is 3.06. The summed E-state index contributed by atoms with van der Waals surface area (Å²) >= 11 is 0. The molecule has 0 bridgehead atoms. The predicted octanol–water partition coefficient (Wildman–Crippen LogP) is 3.62. The Bertz CT molecular complexity index is 416. The highest BCUT2D eigenvalue weighted by molar-refractivity contribution is 5.25. The summed E-state index contributed by atoms with van der Waals surface area (Å²) in [4.78, 5) is 2.28. The van der Waals surface area contributed by atoms with Crippen LogP contribution in [0.5, 0.6) is 0 Å². The largest absolute Gasteiger partial charge is 0.309 e. The Morgan fingerprint density at radius 2 is 1.80 bits per heavy atom. The zero-order valence-electron chi connectivity index (χ0n) is 13.7. The van der Waals surface area contributed by atoms with E-state index < -0.39 is 0 Å².